The zero-order chi connectivity index (χ0) is 92.0. The molecule has 12 heteroatoms. The Hall–Kier alpha value is -19.0. The molecule has 29 rings (SSSR count). The quantitative estimate of drug-likeness (QED) is 0.114. The maximum atomic E-state index is 5.24. The van der Waals surface area contributed by atoms with Gasteiger partial charge in [-0.3, -0.25) is 0 Å². The van der Waals surface area contributed by atoms with E-state index in [0.29, 0.717) is 34.9 Å². The van der Waals surface area contributed by atoms with Crippen molar-refractivity contribution in [3.8, 4) is 114 Å². The zero-order valence-electron chi connectivity index (χ0n) is 75.6. The maximum absolute atomic E-state index is 5.24. The highest BCUT2D eigenvalue weighted by Crippen LogP contribution is 2.45. The largest absolute Gasteiger partial charge is 0.309 e. The Morgan fingerprint density at radius 2 is 0.300 bits per heavy atom. The zero-order valence-corrected chi connectivity index (χ0v) is 75.6. The van der Waals surface area contributed by atoms with Crippen molar-refractivity contribution in [2.45, 2.75) is 0 Å². The fraction of sp³-hybridized carbons (Fsp3) is 0. The summed E-state index contributed by atoms with van der Waals surface area (Å²) < 4.78 is 14.4. The van der Waals surface area contributed by atoms with Gasteiger partial charge in [-0.25, -0.2) is 29.9 Å². The van der Waals surface area contributed by atoms with Gasteiger partial charge in [0.1, 0.15) is 0 Å². The number of para-hydroxylation sites is 8. The molecule has 29 aromatic rings. The van der Waals surface area contributed by atoms with Crippen molar-refractivity contribution in [3.05, 3.63) is 485 Å². The lowest BCUT2D eigenvalue weighted by Gasteiger charge is -2.13. The van der Waals surface area contributed by atoms with Gasteiger partial charge in [-0.05, 0) is 203 Å². The average molecular weight is 1790 g/mol. The summed E-state index contributed by atoms with van der Waals surface area (Å²) in [6.07, 6.45) is 0. The lowest BCUT2D eigenvalue weighted by atomic mass is 10.0. The van der Waals surface area contributed by atoms with Crippen LogP contribution in [0.5, 0.6) is 0 Å². The highest BCUT2D eigenvalue weighted by atomic mass is 15.1. The van der Waals surface area contributed by atoms with Crippen LogP contribution in [0, 0.1) is 0 Å². The van der Waals surface area contributed by atoms with E-state index < -0.39 is 0 Å². The molecule has 140 heavy (non-hydrogen) atoms. The molecule has 0 amide bonds. The Kier molecular flexibility index (Phi) is 18.4. The van der Waals surface area contributed by atoms with E-state index in [1.165, 1.54) is 114 Å². The normalized spacial score (nSPS) is 11.9. The third-order valence-electron chi connectivity index (χ3n) is 28.2. The van der Waals surface area contributed by atoms with E-state index in [2.05, 4.69) is 476 Å². The van der Waals surface area contributed by atoms with Crippen molar-refractivity contribution >= 4 is 152 Å². The first-order valence-corrected chi connectivity index (χ1v) is 47.5. The number of rotatable bonds is 13. The van der Waals surface area contributed by atoms with Gasteiger partial charge >= 0.3 is 0 Å². The van der Waals surface area contributed by atoms with Gasteiger partial charge < -0.3 is 27.4 Å². The van der Waals surface area contributed by atoms with Crippen molar-refractivity contribution in [2.24, 2.45) is 0 Å². The minimum atomic E-state index is 0.617. The predicted octanol–water partition coefficient (Wildman–Crippen LogP) is 32.3. The van der Waals surface area contributed by atoms with Crippen molar-refractivity contribution in [1.82, 2.24) is 57.3 Å². The van der Waals surface area contributed by atoms with Gasteiger partial charge in [-0.2, -0.15) is 0 Å². The van der Waals surface area contributed by atoms with Gasteiger partial charge in [0.2, 0.25) is 0 Å². The summed E-state index contributed by atoms with van der Waals surface area (Å²) >= 11 is 0. The Morgan fingerprint density at radius 3 is 0.593 bits per heavy atom. The fourth-order valence-electron chi connectivity index (χ4n) is 21.8. The van der Waals surface area contributed by atoms with Crippen LogP contribution in [-0.4, -0.2) is 57.3 Å². The van der Waals surface area contributed by atoms with E-state index >= 15 is 0 Å². The van der Waals surface area contributed by atoms with Gasteiger partial charge in [-0.1, -0.05) is 315 Å². The number of benzene rings is 21. The van der Waals surface area contributed by atoms with E-state index in [4.69, 9.17) is 29.9 Å². The molecule has 0 unspecified atom stereocenters. The Bertz CT molecular complexity index is 9420. The van der Waals surface area contributed by atoms with Gasteiger partial charge in [0.25, 0.3) is 0 Å². The highest BCUT2D eigenvalue weighted by Gasteiger charge is 2.26. The lowest BCUT2D eigenvalue weighted by Crippen LogP contribution is -2.01. The van der Waals surface area contributed by atoms with Crippen LogP contribution in [0.4, 0.5) is 0 Å². The predicted molar refractivity (Wildman–Crippen MR) is 579 cm³/mol. The number of hydrogen-bond donors (Lipinski definition) is 0. The Labute approximate surface area is 803 Å². The monoisotopic (exact) mass is 1780 g/mol. The molecule has 0 aliphatic rings. The molecule has 0 fully saturated rings. The molecule has 0 radical (unpaired) electrons. The van der Waals surface area contributed by atoms with Gasteiger partial charge in [0.05, 0.1) is 66.2 Å². The Balaban J connectivity index is 0.000000137. The first-order chi connectivity index (χ1) is 69.4. The van der Waals surface area contributed by atoms with Crippen molar-refractivity contribution in [2.75, 3.05) is 0 Å². The smallest absolute Gasteiger partial charge is 0.164 e. The summed E-state index contributed by atoms with van der Waals surface area (Å²) in [7, 11) is 0. The summed E-state index contributed by atoms with van der Waals surface area (Å²) in [6, 6.07) is 173. The summed E-state index contributed by atoms with van der Waals surface area (Å²) in [5.74, 6) is 3.77. The standard InChI is InChI=1S/C65H40N6.C63H40N6/c1-3-19-47-41(15-1)17-13-25-53(47)64-66-63(67-65(68-64)54-26-14-18-42-16-2-4-20-48(42)54)43-31-33-44(34-32-43)69-61-37-35-45(70-57-27-9-5-21-49(57)50-22-6-10-28-58(50)70)39-55(61)56-40-46(36-38-62(56)69)71-59-29-11-7-23-51(59)52-24-8-12-30-60(52)71;1-3-15-41(16-4-1)42-27-29-44(30-28-42)62-64-61(43-17-5-2-6-18-43)65-63(66-62)45-31-33-46(34-32-45)67-59-37-35-47(68-55-23-11-7-19-49(55)50-20-8-12-24-56(50)68)39-53(59)54-40-48(36-38-60(54)67)69-57-25-13-9-21-51(57)52-22-10-14-26-58(52)69/h1-40H;1-40H. The molecule has 0 aliphatic carbocycles. The van der Waals surface area contributed by atoms with E-state index in [-0.39, 0.29) is 0 Å². The second-order valence-corrected chi connectivity index (χ2v) is 36.0. The van der Waals surface area contributed by atoms with E-state index in [1.54, 1.807) is 0 Å². The lowest BCUT2D eigenvalue weighted by molar-refractivity contribution is 1.07. The molecule has 0 saturated carbocycles. The third-order valence-corrected chi connectivity index (χ3v) is 28.2. The van der Waals surface area contributed by atoms with Gasteiger partial charge in [0.15, 0.2) is 34.9 Å². The minimum absolute atomic E-state index is 0.617. The van der Waals surface area contributed by atoms with Crippen molar-refractivity contribution < 1.29 is 0 Å². The molecule has 0 saturated heterocycles. The first kappa shape index (κ1) is 79.5. The second kappa shape index (κ2) is 32.4. The van der Waals surface area contributed by atoms with Crippen LogP contribution in [0.1, 0.15) is 0 Å². The fourth-order valence-corrected chi connectivity index (χ4v) is 21.8. The molecule has 0 aliphatic heterocycles. The Morgan fingerprint density at radius 1 is 0.114 bits per heavy atom. The van der Waals surface area contributed by atoms with E-state index in [1.807, 2.05) is 36.4 Å². The summed E-state index contributed by atoms with van der Waals surface area (Å²) in [6.45, 7) is 0. The van der Waals surface area contributed by atoms with Crippen LogP contribution in [-0.2, 0) is 0 Å². The van der Waals surface area contributed by atoms with Crippen LogP contribution < -0.4 is 0 Å². The van der Waals surface area contributed by atoms with Crippen LogP contribution in [0.15, 0.2) is 485 Å². The van der Waals surface area contributed by atoms with Crippen LogP contribution in [0.3, 0.4) is 0 Å². The topological polar surface area (TPSA) is 107 Å². The average Bonchev–Trinajstić information content (AvgIpc) is 1.57. The number of nitrogens with zero attached hydrogens (tertiary/aromatic N) is 12. The first-order valence-electron chi connectivity index (χ1n) is 47.5. The molecular formula is C128H80N12. The third kappa shape index (κ3) is 13.0. The van der Waals surface area contributed by atoms with Crippen LogP contribution in [0.2, 0.25) is 0 Å². The molecule has 8 heterocycles. The molecule has 12 nitrogen and oxygen atoms in total. The van der Waals surface area contributed by atoms with Crippen LogP contribution in [0.25, 0.3) is 266 Å². The van der Waals surface area contributed by atoms with Crippen LogP contribution >= 0.6 is 0 Å². The van der Waals surface area contributed by atoms with E-state index in [9.17, 15) is 0 Å². The summed E-state index contributed by atoms with van der Waals surface area (Å²) in [4.78, 5) is 30.9. The number of hydrogen-bond acceptors (Lipinski definition) is 6. The second-order valence-electron chi connectivity index (χ2n) is 36.0. The molecule has 0 spiro atoms. The molecule has 0 atom stereocenters. The van der Waals surface area contributed by atoms with Crippen molar-refractivity contribution in [1.29, 1.82) is 0 Å². The molecule has 0 N–H and O–H groups in total. The van der Waals surface area contributed by atoms with Crippen molar-refractivity contribution in [3.63, 3.8) is 0 Å². The molecule has 652 valence electrons. The summed E-state index contributed by atoms with van der Waals surface area (Å²) in [5, 5.41) is 19.1. The molecule has 21 aromatic carbocycles. The minimum Gasteiger partial charge on any atom is -0.309 e. The number of aromatic nitrogens is 12. The maximum Gasteiger partial charge on any atom is 0.164 e. The van der Waals surface area contributed by atoms with Gasteiger partial charge in [-0.15, -0.1) is 0 Å². The highest BCUT2D eigenvalue weighted by molar-refractivity contribution is 6.17. The molecule has 0 bridgehead atoms. The summed E-state index contributed by atoms with van der Waals surface area (Å²) in [5.41, 5.74) is 28.4. The molecular weight excluding hydrogens is 1710 g/mol. The number of fused-ring (bicyclic) bond motifs is 20. The van der Waals surface area contributed by atoms with Gasteiger partial charge in [0, 0.05) is 132 Å². The SMILES string of the molecule is c1ccc(-c2ccc(-c3nc(-c4ccccc4)nc(-c4ccc(-n5c6ccc(-n7c8ccccc8c8ccccc87)cc6c6cc(-n7c8ccccc8c8ccccc87)ccc65)cc4)n3)cc2)cc1.c1ccc2c(-c3nc(-c4ccc(-n5c6ccc(-n7c8ccccc8c8ccccc87)cc6c6cc(-n7c8ccccc8c8ccccc87)ccc65)cc4)nc(-c4cccc5ccccc45)n3)cccc2c1. The van der Waals surface area contributed by atoms with E-state index in [0.717, 1.165) is 117 Å². The molecule has 8 aromatic heterocycles.